The highest BCUT2D eigenvalue weighted by molar-refractivity contribution is 7.98. The molecule has 0 spiro atoms. The number of rotatable bonds is 3. The quantitative estimate of drug-likeness (QED) is 0.778. The van der Waals surface area contributed by atoms with Crippen molar-refractivity contribution < 1.29 is 15.0 Å². The summed E-state index contributed by atoms with van der Waals surface area (Å²) in [5, 5.41) is 18.5. The minimum atomic E-state index is -0.881. The summed E-state index contributed by atoms with van der Waals surface area (Å²) in [6.45, 7) is 3.41. The van der Waals surface area contributed by atoms with Gasteiger partial charge in [-0.1, -0.05) is 0 Å². The fraction of sp³-hybridized carbons (Fsp3) is 0.364. The lowest BCUT2D eigenvalue weighted by Crippen LogP contribution is -2.08. The average Bonchev–Trinajstić information content (AvgIpc) is 2.20. The third-order valence-electron chi connectivity index (χ3n) is 2.39. The Morgan fingerprint density at radius 2 is 2.07 bits per heavy atom. The van der Waals surface area contributed by atoms with Crippen LogP contribution < -0.4 is 0 Å². The summed E-state index contributed by atoms with van der Waals surface area (Å²) in [5.41, 5.74) is 1.43. The van der Waals surface area contributed by atoms with E-state index in [4.69, 9.17) is 5.11 Å². The molecule has 0 amide bonds. The van der Waals surface area contributed by atoms with Crippen molar-refractivity contribution in [3.63, 3.8) is 0 Å². The Morgan fingerprint density at radius 1 is 1.47 bits per heavy atom. The number of aliphatic carboxylic acids is 1. The second-order valence-corrected chi connectivity index (χ2v) is 4.29. The molecule has 1 aromatic rings. The molecule has 0 aromatic heterocycles. The number of benzene rings is 1. The van der Waals surface area contributed by atoms with Crippen LogP contribution in [-0.4, -0.2) is 22.4 Å². The van der Waals surface area contributed by atoms with Gasteiger partial charge in [0.25, 0.3) is 0 Å². The van der Waals surface area contributed by atoms with Gasteiger partial charge in [-0.15, -0.1) is 11.8 Å². The molecule has 0 bridgehead atoms. The van der Waals surface area contributed by atoms with Gasteiger partial charge in [0.1, 0.15) is 5.75 Å². The van der Waals surface area contributed by atoms with Gasteiger partial charge in [-0.25, -0.2) is 0 Å². The number of hydrogen-bond donors (Lipinski definition) is 2. The molecule has 0 heterocycles. The maximum absolute atomic E-state index is 10.9. The summed E-state index contributed by atoms with van der Waals surface area (Å²) in [6, 6.07) is 3.36. The smallest absolute Gasteiger partial charge is 0.310 e. The summed E-state index contributed by atoms with van der Waals surface area (Å²) in [4.78, 5) is 11.8. The number of carbonyl (C=O) groups is 1. The number of aromatic hydroxyl groups is 1. The molecule has 0 aliphatic carbocycles. The lowest BCUT2D eigenvalue weighted by atomic mass is 9.99. The largest absolute Gasteiger partial charge is 0.508 e. The van der Waals surface area contributed by atoms with E-state index in [2.05, 4.69) is 0 Å². The van der Waals surface area contributed by atoms with Crippen LogP contribution in [0.4, 0.5) is 0 Å². The topological polar surface area (TPSA) is 57.5 Å². The van der Waals surface area contributed by atoms with E-state index in [1.807, 2.05) is 12.3 Å². The lowest BCUT2D eigenvalue weighted by Gasteiger charge is -2.13. The summed E-state index contributed by atoms with van der Waals surface area (Å²) in [6.07, 6.45) is 1.89. The Balaban J connectivity index is 3.27. The third kappa shape index (κ3) is 2.45. The molecule has 4 heteroatoms. The summed E-state index contributed by atoms with van der Waals surface area (Å²) >= 11 is 1.49. The van der Waals surface area contributed by atoms with Crippen LogP contribution >= 0.6 is 11.8 Å². The third-order valence-corrected chi connectivity index (χ3v) is 3.18. The highest BCUT2D eigenvalue weighted by Crippen LogP contribution is 2.32. The molecule has 1 unspecified atom stereocenters. The zero-order valence-corrected chi connectivity index (χ0v) is 9.76. The first-order chi connectivity index (χ1) is 6.97. The molecule has 0 aliphatic rings. The molecule has 1 rings (SSSR count). The number of phenolic OH excluding ortho intramolecular Hbond substituents is 1. The van der Waals surface area contributed by atoms with Crippen molar-refractivity contribution in [2.45, 2.75) is 24.7 Å². The van der Waals surface area contributed by atoms with E-state index in [1.165, 1.54) is 11.8 Å². The van der Waals surface area contributed by atoms with Crippen molar-refractivity contribution in [1.29, 1.82) is 0 Å². The maximum atomic E-state index is 10.9. The van der Waals surface area contributed by atoms with E-state index >= 15 is 0 Å². The SMILES string of the molecule is CSc1cc(C)c(O)cc1C(C)C(=O)O. The van der Waals surface area contributed by atoms with Crippen LogP contribution in [0.1, 0.15) is 24.0 Å². The van der Waals surface area contributed by atoms with Crippen molar-refractivity contribution in [2.75, 3.05) is 6.26 Å². The first-order valence-electron chi connectivity index (χ1n) is 4.57. The summed E-state index contributed by atoms with van der Waals surface area (Å²) in [5.74, 6) is -1.33. The van der Waals surface area contributed by atoms with Crippen LogP contribution in [0, 0.1) is 6.92 Å². The van der Waals surface area contributed by atoms with Crippen LogP contribution in [0.3, 0.4) is 0 Å². The highest BCUT2D eigenvalue weighted by atomic mass is 32.2. The fourth-order valence-electron chi connectivity index (χ4n) is 1.33. The van der Waals surface area contributed by atoms with Gasteiger partial charge in [-0.05, 0) is 43.4 Å². The highest BCUT2D eigenvalue weighted by Gasteiger charge is 2.18. The molecule has 2 N–H and O–H groups in total. The summed E-state index contributed by atoms with van der Waals surface area (Å²) < 4.78 is 0. The Morgan fingerprint density at radius 3 is 2.53 bits per heavy atom. The Bertz CT molecular complexity index is 388. The van der Waals surface area contributed by atoms with Gasteiger partial charge in [-0.3, -0.25) is 4.79 Å². The van der Waals surface area contributed by atoms with Crippen molar-refractivity contribution in [3.8, 4) is 5.75 Å². The molecule has 0 saturated heterocycles. The number of thioether (sulfide) groups is 1. The van der Waals surface area contributed by atoms with Gasteiger partial charge in [0.2, 0.25) is 0 Å². The molecule has 1 aromatic carbocycles. The van der Waals surface area contributed by atoms with Gasteiger partial charge < -0.3 is 10.2 Å². The van der Waals surface area contributed by atoms with Crippen molar-refractivity contribution in [3.05, 3.63) is 23.3 Å². The van der Waals surface area contributed by atoms with Crippen LogP contribution in [-0.2, 0) is 4.79 Å². The predicted octanol–water partition coefficient (Wildman–Crippen LogP) is 2.61. The Labute approximate surface area is 93.1 Å². The van der Waals surface area contributed by atoms with Crippen LogP contribution in [0.5, 0.6) is 5.75 Å². The molecule has 82 valence electrons. The van der Waals surface area contributed by atoms with Crippen LogP contribution in [0.15, 0.2) is 17.0 Å². The number of aryl methyl sites for hydroxylation is 1. The number of carboxylic acids is 1. The lowest BCUT2D eigenvalue weighted by molar-refractivity contribution is -0.138. The van der Waals surface area contributed by atoms with Gasteiger partial charge in [-0.2, -0.15) is 0 Å². The number of phenols is 1. The minimum Gasteiger partial charge on any atom is -0.508 e. The van der Waals surface area contributed by atoms with E-state index in [-0.39, 0.29) is 5.75 Å². The fourth-order valence-corrected chi connectivity index (χ4v) is 2.10. The molecule has 1 atom stereocenters. The van der Waals surface area contributed by atoms with Crippen molar-refractivity contribution >= 4 is 17.7 Å². The van der Waals surface area contributed by atoms with E-state index in [9.17, 15) is 9.90 Å². The maximum Gasteiger partial charge on any atom is 0.310 e. The van der Waals surface area contributed by atoms with E-state index in [0.29, 0.717) is 5.56 Å². The van der Waals surface area contributed by atoms with Gasteiger partial charge in [0.15, 0.2) is 0 Å². The molecular formula is C11H14O3S. The zero-order chi connectivity index (χ0) is 11.6. The molecular weight excluding hydrogens is 212 g/mol. The number of carboxylic acid groups (broad SMARTS) is 1. The normalized spacial score (nSPS) is 12.5. The monoisotopic (exact) mass is 226 g/mol. The van der Waals surface area contributed by atoms with Crippen molar-refractivity contribution in [1.82, 2.24) is 0 Å². The molecule has 0 radical (unpaired) electrons. The Kier molecular flexibility index (Phi) is 3.63. The molecule has 3 nitrogen and oxygen atoms in total. The number of hydrogen-bond acceptors (Lipinski definition) is 3. The second-order valence-electron chi connectivity index (χ2n) is 3.44. The molecule has 0 saturated carbocycles. The second kappa shape index (κ2) is 4.57. The van der Waals surface area contributed by atoms with E-state index < -0.39 is 11.9 Å². The van der Waals surface area contributed by atoms with Gasteiger partial charge in [0, 0.05) is 4.90 Å². The summed E-state index contributed by atoms with van der Waals surface area (Å²) in [7, 11) is 0. The van der Waals surface area contributed by atoms with Gasteiger partial charge >= 0.3 is 5.97 Å². The van der Waals surface area contributed by atoms with E-state index in [1.54, 1.807) is 19.9 Å². The zero-order valence-electron chi connectivity index (χ0n) is 8.94. The molecule has 15 heavy (non-hydrogen) atoms. The average molecular weight is 226 g/mol. The standard InChI is InChI=1S/C11H14O3S/c1-6-4-10(15-3)8(5-9(6)12)7(2)11(13)14/h4-5,7,12H,1-3H3,(H,13,14). The first kappa shape index (κ1) is 11.9. The van der Waals surface area contributed by atoms with Crippen molar-refractivity contribution in [2.24, 2.45) is 0 Å². The first-order valence-corrected chi connectivity index (χ1v) is 5.80. The van der Waals surface area contributed by atoms with Crippen LogP contribution in [0.25, 0.3) is 0 Å². The van der Waals surface area contributed by atoms with Gasteiger partial charge in [0.05, 0.1) is 5.92 Å². The predicted molar refractivity (Wildman–Crippen MR) is 60.7 cm³/mol. The molecule has 0 fully saturated rings. The van der Waals surface area contributed by atoms with E-state index in [0.717, 1.165) is 10.5 Å². The Hall–Kier alpha value is -1.16. The van der Waals surface area contributed by atoms with Crippen LogP contribution in [0.2, 0.25) is 0 Å². The minimum absolute atomic E-state index is 0.149. The molecule has 0 aliphatic heterocycles.